The number of primary amides is 1. The third kappa shape index (κ3) is 3.96. The van der Waals surface area contributed by atoms with E-state index in [2.05, 4.69) is 17.1 Å². The van der Waals surface area contributed by atoms with E-state index in [0.29, 0.717) is 11.6 Å². The van der Waals surface area contributed by atoms with Crippen molar-refractivity contribution in [3.8, 4) is 0 Å². The van der Waals surface area contributed by atoms with E-state index in [-0.39, 0.29) is 18.3 Å². The van der Waals surface area contributed by atoms with Crippen LogP contribution in [0.3, 0.4) is 0 Å². The summed E-state index contributed by atoms with van der Waals surface area (Å²) in [5.74, 6) is -0.337. The lowest BCUT2D eigenvalue weighted by molar-refractivity contribution is 0.100. The van der Waals surface area contributed by atoms with Gasteiger partial charge >= 0.3 is 0 Å². The summed E-state index contributed by atoms with van der Waals surface area (Å²) in [6.45, 7) is 6.27. The van der Waals surface area contributed by atoms with Crippen molar-refractivity contribution >= 4 is 29.7 Å². The first-order valence-electron chi connectivity index (χ1n) is 5.48. The summed E-state index contributed by atoms with van der Waals surface area (Å²) >= 11 is 1.61. The molecule has 1 fully saturated rings. The van der Waals surface area contributed by atoms with Crippen LogP contribution in [0.2, 0.25) is 0 Å². The summed E-state index contributed by atoms with van der Waals surface area (Å²) in [5, 5.41) is 5.25. The minimum atomic E-state index is -0.337. The SMILES string of the molecule is C[C@H]1CN(Cc2cc(C(N)=O)cs2)CCN1.Cl. The Labute approximate surface area is 112 Å². The average Bonchev–Trinajstić information content (AvgIpc) is 2.66. The van der Waals surface area contributed by atoms with E-state index in [1.807, 2.05) is 11.4 Å². The second-order valence-electron chi connectivity index (χ2n) is 4.26. The molecular formula is C11H18ClN3OS. The topological polar surface area (TPSA) is 58.4 Å². The molecule has 0 spiro atoms. The molecule has 96 valence electrons. The number of piperazine rings is 1. The van der Waals surface area contributed by atoms with Crippen LogP contribution in [0, 0.1) is 0 Å². The van der Waals surface area contributed by atoms with Gasteiger partial charge in [0.2, 0.25) is 5.91 Å². The lowest BCUT2D eigenvalue weighted by atomic mass is 10.2. The first-order valence-corrected chi connectivity index (χ1v) is 6.36. The highest BCUT2D eigenvalue weighted by atomic mass is 35.5. The van der Waals surface area contributed by atoms with E-state index >= 15 is 0 Å². The monoisotopic (exact) mass is 275 g/mol. The maximum absolute atomic E-state index is 11.0. The van der Waals surface area contributed by atoms with Crippen LogP contribution < -0.4 is 11.1 Å². The number of carbonyl (C=O) groups is 1. The molecule has 1 aromatic rings. The molecule has 4 nitrogen and oxygen atoms in total. The van der Waals surface area contributed by atoms with Gasteiger partial charge in [0.25, 0.3) is 0 Å². The quantitative estimate of drug-likeness (QED) is 0.867. The Morgan fingerprint density at radius 1 is 1.71 bits per heavy atom. The zero-order valence-corrected chi connectivity index (χ0v) is 11.4. The molecule has 1 aromatic heterocycles. The molecule has 1 aliphatic heterocycles. The van der Waals surface area contributed by atoms with Crippen LogP contribution in [0.4, 0.5) is 0 Å². The predicted octanol–water partition coefficient (Wildman–Crippen LogP) is 1.06. The van der Waals surface area contributed by atoms with Gasteiger partial charge in [0.05, 0.1) is 5.56 Å². The largest absolute Gasteiger partial charge is 0.366 e. The number of rotatable bonds is 3. The van der Waals surface area contributed by atoms with Crippen molar-refractivity contribution in [1.29, 1.82) is 0 Å². The first kappa shape index (κ1) is 14.4. The maximum atomic E-state index is 11.0. The molecule has 6 heteroatoms. The fourth-order valence-electron chi connectivity index (χ4n) is 1.97. The Hall–Kier alpha value is -0.620. The summed E-state index contributed by atoms with van der Waals surface area (Å²) < 4.78 is 0. The molecule has 2 rings (SSSR count). The van der Waals surface area contributed by atoms with E-state index in [0.717, 1.165) is 26.2 Å². The van der Waals surface area contributed by atoms with Gasteiger partial charge in [0, 0.05) is 42.5 Å². The number of hydrogen-bond acceptors (Lipinski definition) is 4. The minimum absolute atomic E-state index is 0. The van der Waals surface area contributed by atoms with Crippen LogP contribution in [0.5, 0.6) is 0 Å². The molecule has 1 atom stereocenters. The highest BCUT2D eigenvalue weighted by molar-refractivity contribution is 7.10. The lowest BCUT2D eigenvalue weighted by Crippen LogP contribution is -2.48. The molecule has 0 aromatic carbocycles. The number of nitrogens with two attached hydrogens (primary N) is 1. The van der Waals surface area contributed by atoms with E-state index in [1.54, 1.807) is 11.3 Å². The number of nitrogens with one attached hydrogen (secondary N) is 1. The summed E-state index contributed by atoms with van der Waals surface area (Å²) in [6, 6.07) is 2.45. The molecule has 1 amide bonds. The smallest absolute Gasteiger partial charge is 0.249 e. The Bertz CT molecular complexity index is 383. The molecule has 0 radical (unpaired) electrons. The van der Waals surface area contributed by atoms with Crippen LogP contribution in [-0.4, -0.2) is 36.5 Å². The van der Waals surface area contributed by atoms with Gasteiger partial charge < -0.3 is 11.1 Å². The number of nitrogens with zero attached hydrogens (tertiary/aromatic N) is 1. The molecular weight excluding hydrogens is 258 g/mol. The molecule has 1 aliphatic rings. The van der Waals surface area contributed by atoms with Gasteiger partial charge in [0.1, 0.15) is 0 Å². The Kier molecular flexibility index (Phi) is 5.39. The molecule has 0 saturated carbocycles. The molecule has 1 saturated heterocycles. The summed E-state index contributed by atoms with van der Waals surface area (Å²) in [6.07, 6.45) is 0. The Morgan fingerprint density at radius 3 is 3.06 bits per heavy atom. The highest BCUT2D eigenvalue weighted by Gasteiger charge is 2.16. The number of hydrogen-bond donors (Lipinski definition) is 2. The van der Waals surface area contributed by atoms with Crippen molar-refractivity contribution in [3.63, 3.8) is 0 Å². The zero-order valence-electron chi connectivity index (χ0n) is 9.81. The van der Waals surface area contributed by atoms with E-state index in [1.165, 1.54) is 4.88 Å². The van der Waals surface area contributed by atoms with Crippen molar-refractivity contribution in [2.24, 2.45) is 5.73 Å². The molecule has 3 N–H and O–H groups in total. The number of amides is 1. The maximum Gasteiger partial charge on any atom is 0.249 e. The first-order chi connectivity index (χ1) is 7.65. The lowest BCUT2D eigenvalue weighted by Gasteiger charge is -2.31. The Morgan fingerprint density at radius 2 is 2.47 bits per heavy atom. The number of halogens is 1. The molecule has 17 heavy (non-hydrogen) atoms. The van der Waals surface area contributed by atoms with E-state index in [9.17, 15) is 4.79 Å². The second-order valence-corrected chi connectivity index (χ2v) is 5.25. The molecule has 0 bridgehead atoms. The van der Waals surface area contributed by atoms with E-state index < -0.39 is 0 Å². The zero-order chi connectivity index (χ0) is 11.5. The standard InChI is InChI=1S/C11H17N3OS.ClH/c1-8-5-14(3-2-13-8)6-10-4-9(7-16-10)11(12)15;/h4,7-8,13H,2-3,5-6H2,1H3,(H2,12,15);1H/t8-;/m0./s1. The average molecular weight is 276 g/mol. The summed E-state index contributed by atoms with van der Waals surface area (Å²) in [4.78, 5) is 14.6. The fourth-order valence-corrected chi connectivity index (χ4v) is 2.88. The minimum Gasteiger partial charge on any atom is -0.366 e. The van der Waals surface area contributed by atoms with Crippen molar-refractivity contribution < 1.29 is 4.79 Å². The van der Waals surface area contributed by atoms with Gasteiger partial charge in [-0.05, 0) is 13.0 Å². The number of carbonyl (C=O) groups excluding carboxylic acids is 1. The van der Waals surface area contributed by atoms with Gasteiger partial charge in [0.15, 0.2) is 0 Å². The third-order valence-corrected chi connectivity index (χ3v) is 3.69. The fraction of sp³-hybridized carbons (Fsp3) is 0.545. The van der Waals surface area contributed by atoms with Gasteiger partial charge in [-0.25, -0.2) is 0 Å². The predicted molar refractivity (Wildman–Crippen MR) is 72.8 cm³/mol. The van der Waals surface area contributed by atoms with Crippen molar-refractivity contribution in [1.82, 2.24) is 10.2 Å². The summed E-state index contributed by atoms with van der Waals surface area (Å²) in [7, 11) is 0. The van der Waals surface area contributed by atoms with Gasteiger partial charge in [-0.3, -0.25) is 9.69 Å². The van der Waals surface area contributed by atoms with Gasteiger partial charge in [-0.2, -0.15) is 0 Å². The van der Waals surface area contributed by atoms with Crippen LogP contribution in [0.25, 0.3) is 0 Å². The van der Waals surface area contributed by atoms with Crippen molar-refractivity contribution in [2.45, 2.75) is 19.5 Å². The van der Waals surface area contributed by atoms with Crippen LogP contribution in [-0.2, 0) is 6.54 Å². The van der Waals surface area contributed by atoms with Gasteiger partial charge in [-0.15, -0.1) is 23.7 Å². The normalized spacial score (nSPS) is 20.9. The van der Waals surface area contributed by atoms with Crippen LogP contribution in [0.1, 0.15) is 22.2 Å². The Balaban J connectivity index is 0.00000144. The summed E-state index contributed by atoms with van der Waals surface area (Å²) in [5.41, 5.74) is 5.85. The molecule has 2 heterocycles. The highest BCUT2D eigenvalue weighted by Crippen LogP contribution is 2.17. The molecule has 0 aliphatic carbocycles. The third-order valence-electron chi connectivity index (χ3n) is 2.77. The van der Waals surface area contributed by atoms with E-state index in [4.69, 9.17) is 5.73 Å². The van der Waals surface area contributed by atoms with Crippen LogP contribution in [0.15, 0.2) is 11.4 Å². The van der Waals surface area contributed by atoms with Crippen molar-refractivity contribution in [2.75, 3.05) is 19.6 Å². The van der Waals surface area contributed by atoms with Crippen molar-refractivity contribution in [3.05, 3.63) is 21.9 Å². The van der Waals surface area contributed by atoms with Gasteiger partial charge in [-0.1, -0.05) is 0 Å². The second kappa shape index (κ2) is 6.35. The molecule has 0 unspecified atom stereocenters. The number of thiophene rings is 1. The van der Waals surface area contributed by atoms with Crippen LogP contribution >= 0.6 is 23.7 Å².